The third-order valence-electron chi connectivity index (χ3n) is 29.3. The summed E-state index contributed by atoms with van der Waals surface area (Å²) in [4.78, 5) is 0. The van der Waals surface area contributed by atoms with E-state index in [0.29, 0.717) is 0 Å². The standard InChI is InChI=1S/3C44H26/c1-4-29-14-16-33-18-22-37(39-24-20-31(6-1)41(29)43(33)39)28-12-10-27(11-13-28)35-8-3-9-36(26-35)38-23-19-34-17-15-30-5-2-7-32-21-25-40(38)44(34)42(30)32;1-3-31-15-17-35-19-23-37(39-25-21-33(5-1)41(31)43(35)39)29-11-7-27(8-12-29)28-9-13-30(14-10-28)38-24-20-36-18-16-32-4-2-6-34-22-26-40(38)44(36)42(32)34;1-2-10-37(38-24-20-34-18-16-30-6-4-8-32-22-26-40(38)44(34)42(30)32)35(9-1)27-11-13-28(14-12-27)36-23-19-33-17-15-29-5-3-7-31-21-25-39(36)43(33)41(29)31/h3*1-26H. The van der Waals surface area contributed by atoms with Gasteiger partial charge < -0.3 is 0 Å². The van der Waals surface area contributed by atoms with Crippen LogP contribution in [0.2, 0.25) is 0 Å². The highest BCUT2D eigenvalue weighted by Gasteiger charge is 2.22. The largest absolute Gasteiger partial charge is 0.0616 e. The van der Waals surface area contributed by atoms with Gasteiger partial charge in [0.05, 0.1) is 0 Å². The van der Waals surface area contributed by atoms with E-state index >= 15 is 0 Å². The number of rotatable bonds is 9. The second kappa shape index (κ2) is 29.2. The minimum Gasteiger partial charge on any atom is -0.0616 e. The lowest BCUT2D eigenvalue weighted by Gasteiger charge is -2.17. The van der Waals surface area contributed by atoms with E-state index in [-0.39, 0.29) is 0 Å². The maximum Gasteiger partial charge on any atom is -0.00206 e. The lowest BCUT2D eigenvalue weighted by molar-refractivity contribution is 1.59. The van der Waals surface area contributed by atoms with Crippen LogP contribution < -0.4 is 0 Å². The molecule has 0 saturated heterocycles. The second-order valence-electron chi connectivity index (χ2n) is 36.3. The first-order valence-electron chi connectivity index (χ1n) is 46.0. The highest BCUT2D eigenvalue weighted by molar-refractivity contribution is 6.32. The van der Waals surface area contributed by atoms with Gasteiger partial charge in [0, 0.05) is 0 Å². The van der Waals surface area contributed by atoms with Crippen LogP contribution in [0.1, 0.15) is 0 Å². The molecule has 30 aromatic carbocycles. The molecule has 0 spiro atoms. The van der Waals surface area contributed by atoms with E-state index in [2.05, 4.69) is 473 Å². The molecule has 0 unspecified atom stereocenters. The molecule has 0 amide bonds. The molecule has 0 heterocycles. The molecule has 0 nitrogen and oxygen atoms in total. The molecule has 0 saturated carbocycles. The van der Waals surface area contributed by atoms with Crippen molar-refractivity contribution in [3.05, 3.63) is 473 Å². The monoisotopic (exact) mass is 1660 g/mol. The van der Waals surface area contributed by atoms with Gasteiger partial charge >= 0.3 is 0 Å². The van der Waals surface area contributed by atoms with Gasteiger partial charge in [0.25, 0.3) is 0 Å². The van der Waals surface area contributed by atoms with Crippen LogP contribution in [0, 0.1) is 0 Å². The third kappa shape index (κ3) is 11.5. The Morgan fingerprint density at radius 2 is 0.242 bits per heavy atom. The zero-order chi connectivity index (χ0) is 86.3. The molecule has 0 aliphatic carbocycles. The Labute approximate surface area is 761 Å². The minimum absolute atomic E-state index is 1.23. The number of hydrogen-bond donors (Lipinski definition) is 0. The van der Waals surface area contributed by atoms with Crippen molar-refractivity contribution in [1.29, 1.82) is 0 Å². The Balaban J connectivity index is 0.0000000991. The van der Waals surface area contributed by atoms with Crippen molar-refractivity contribution < 1.29 is 0 Å². The molecule has 0 bridgehead atoms. The van der Waals surface area contributed by atoms with E-state index in [4.69, 9.17) is 0 Å². The molecule has 0 aromatic heterocycles. The van der Waals surface area contributed by atoms with Crippen LogP contribution in [-0.2, 0) is 0 Å². The van der Waals surface area contributed by atoms with Gasteiger partial charge in [-0.15, -0.1) is 0 Å². The van der Waals surface area contributed by atoms with Crippen molar-refractivity contribution in [2.24, 2.45) is 0 Å². The fourth-order valence-corrected chi connectivity index (χ4v) is 23.1. The molecule has 0 radical (unpaired) electrons. The van der Waals surface area contributed by atoms with E-state index in [9.17, 15) is 0 Å². The number of hydrogen-bond acceptors (Lipinski definition) is 0. The maximum atomic E-state index is 2.34. The van der Waals surface area contributed by atoms with Gasteiger partial charge in [-0.1, -0.05) is 467 Å². The van der Waals surface area contributed by atoms with Crippen molar-refractivity contribution in [3.8, 4) is 100 Å². The Hall–Kier alpha value is -17.2. The average Bonchev–Trinajstić information content (AvgIpc) is 0.571. The summed E-state index contributed by atoms with van der Waals surface area (Å²) in [7, 11) is 0. The van der Waals surface area contributed by atoms with Gasteiger partial charge in [0.2, 0.25) is 0 Å². The normalized spacial score (nSPS) is 12.1. The topological polar surface area (TPSA) is 0 Å². The van der Waals surface area contributed by atoms with Crippen molar-refractivity contribution in [3.63, 3.8) is 0 Å². The molecule has 0 atom stereocenters. The van der Waals surface area contributed by atoms with E-state index < -0.39 is 0 Å². The second-order valence-corrected chi connectivity index (χ2v) is 36.3. The first-order valence-corrected chi connectivity index (χ1v) is 46.0. The zero-order valence-corrected chi connectivity index (χ0v) is 72.0. The molecular weight excluding hydrogens is 1590 g/mol. The van der Waals surface area contributed by atoms with Crippen molar-refractivity contribution in [1.82, 2.24) is 0 Å². The van der Waals surface area contributed by atoms with Crippen LogP contribution in [0.4, 0.5) is 0 Å². The third-order valence-corrected chi connectivity index (χ3v) is 29.3. The summed E-state index contributed by atoms with van der Waals surface area (Å²) < 4.78 is 0. The van der Waals surface area contributed by atoms with E-state index in [0.717, 1.165) is 0 Å². The molecule has 0 N–H and O–H groups in total. The van der Waals surface area contributed by atoms with Gasteiger partial charge in [0.15, 0.2) is 0 Å². The smallest absolute Gasteiger partial charge is 0.00206 e. The lowest BCUT2D eigenvalue weighted by atomic mass is 9.87. The Morgan fingerprint density at radius 1 is 0.0758 bits per heavy atom. The maximum absolute atomic E-state index is 2.34. The molecule has 0 aliphatic rings. The van der Waals surface area contributed by atoms with Crippen LogP contribution in [0.5, 0.6) is 0 Å². The van der Waals surface area contributed by atoms with Crippen LogP contribution in [0.15, 0.2) is 473 Å². The van der Waals surface area contributed by atoms with Crippen molar-refractivity contribution in [2.45, 2.75) is 0 Å². The average molecular weight is 1660 g/mol. The highest BCUT2D eigenvalue weighted by Crippen LogP contribution is 2.50. The quantitative estimate of drug-likeness (QED) is 0.126. The van der Waals surface area contributed by atoms with E-state index in [1.807, 2.05) is 0 Å². The Bertz CT molecular complexity index is 9580. The summed E-state index contributed by atoms with van der Waals surface area (Å²) in [6.07, 6.45) is 0. The molecule has 0 aliphatic heterocycles. The summed E-state index contributed by atoms with van der Waals surface area (Å²) in [6.45, 7) is 0. The van der Waals surface area contributed by atoms with E-state index in [1.165, 1.54) is 294 Å². The fourth-order valence-electron chi connectivity index (χ4n) is 23.1. The molecular formula is C132H78. The first-order chi connectivity index (χ1) is 65.4. The molecule has 30 aromatic rings. The van der Waals surface area contributed by atoms with Gasteiger partial charge in [0.1, 0.15) is 0 Å². The molecule has 0 heteroatoms. The minimum atomic E-state index is 1.23. The lowest BCUT2D eigenvalue weighted by Crippen LogP contribution is -1.90. The van der Waals surface area contributed by atoms with Crippen LogP contribution >= 0.6 is 0 Å². The van der Waals surface area contributed by atoms with Gasteiger partial charge in [-0.25, -0.2) is 0 Å². The van der Waals surface area contributed by atoms with Crippen molar-refractivity contribution >= 4 is 194 Å². The summed E-state index contributed by atoms with van der Waals surface area (Å²) in [6, 6.07) is 176. The molecule has 30 rings (SSSR count). The molecule has 606 valence electrons. The highest BCUT2D eigenvalue weighted by atomic mass is 14.3. The summed E-state index contributed by atoms with van der Waals surface area (Å²) >= 11 is 0. The van der Waals surface area contributed by atoms with Crippen molar-refractivity contribution in [2.75, 3.05) is 0 Å². The SMILES string of the molecule is c1cc(-c2ccc(-c3ccc4ccc5cccc6ccc3c4c56)cc2)cc(-c2ccc3ccc4cccc5ccc2c3c45)c1.c1cc2ccc3ccc(-c4ccc(-c5ccc(-c6ccc7ccc8cccc9ccc6c7c89)cc5)cc4)c4ccc(c1)c2c34.c1ccc(-c2ccc3ccc4cccc5ccc2c3c45)c(-c2ccc(-c3ccc4ccc5cccc6ccc3c4c56)cc2)c1. The summed E-state index contributed by atoms with van der Waals surface area (Å²) in [5.74, 6) is 0. The van der Waals surface area contributed by atoms with Gasteiger partial charge in [-0.3, -0.25) is 0 Å². The zero-order valence-electron chi connectivity index (χ0n) is 72.0. The van der Waals surface area contributed by atoms with E-state index in [1.54, 1.807) is 0 Å². The summed E-state index contributed by atoms with van der Waals surface area (Å²) in [5, 5.41) is 47.7. The van der Waals surface area contributed by atoms with Gasteiger partial charge in [-0.2, -0.15) is 0 Å². The fraction of sp³-hybridized carbons (Fsp3) is 0. The first kappa shape index (κ1) is 74.0. The Kier molecular flexibility index (Phi) is 16.4. The van der Waals surface area contributed by atoms with Gasteiger partial charge in [-0.05, 0) is 300 Å². The molecule has 132 heavy (non-hydrogen) atoms. The Morgan fingerprint density at radius 3 is 0.500 bits per heavy atom. The number of benzene rings is 30. The predicted molar refractivity (Wildman–Crippen MR) is 570 cm³/mol. The van der Waals surface area contributed by atoms with Crippen LogP contribution in [0.25, 0.3) is 294 Å². The van der Waals surface area contributed by atoms with Crippen LogP contribution in [0.3, 0.4) is 0 Å². The van der Waals surface area contributed by atoms with Crippen LogP contribution in [-0.4, -0.2) is 0 Å². The summed E-state index contributed by atoms with van der Waals surface area (Å²) in [5.41, 5.74) is 22.6. The molecule has 0 fully saturated rings. The predicted octanol–water partition coefficient (Wildman–Crippen LogP) is 37.4.